The van der Waals surface area contributed by atoms with Crippen LogP contribution >= 0.6 is 0 Å². The molecule has 0 bridgehead atoms. The molecule has 1 amide bonds. The Hall–Kier alpha value is -3.47. The molecule has 10 nitrogen and oxygen atoms in total. The van der Waals surface area contributed by atoms with Gasteiger partial charge in [-0.05, 0) is 25.0 Å². The van der Waals surface area contributed by atoms with Gasteiger partial charge in [0.15, 0.2) is 0 Å². The van der Waals surface area contributed by atoms with Gasteiger partial charge in [0.05, 0.1) is 41.2 Å². The molecular weight excluding hydrogens is 478 g/mol. The van der Waals surface area contributed by atoms with Gasteiger partial charge in [0.25, 0.3) is 0 Å². The second kappa shape index (κ2) is 8.29. The number of hydrogen-bond donors (Lipinski definition) is 0. The number of amides is 1. The van der Waals surface area contributed by atoms with Crippen LogP contribution in [0.5, 0.6) is 0 Å². The molecule has 1 fully saturated rings. The van der Waals surface area contributed by atoms with Gasteiger partial charge in [-0.15, -0.1) is 0 Å². The molecule has 1 saturated heterocycles. The van der Waals surface area contributed by atoms with E-state index in [1.165, 1.54) is 0 Å². The number of aromatic nitrogens is 6. The fourth-order valence-electron chi connectivity index (χ4n) is 5.53. The van der Waals surface area contributed by atoms with Crippen molar-refractivity contribution in [1.82, 2.24) is 34.0 Å². The SMILES string of the molecule is CC(=O)N1CCn2c(C3CCS(=O)(=O)CC3)nc(-c3ccc4c(c3)c(-c3cnn(C)c3)nn4C)c2C1. The summed E-state index contributed by atoms with van der Waals surface area (Å²) in [5.74, 6) is 1.48. The summed E-state index contributed by atoms with van der Waals surface area (Å²) in [4.78, 5) is 19.2. The van der Waals surface area contributed by atoms with Crippen LogP contribution < -0.4 is 0 Å². The van der Waals surface area contributed by atoms with Crippen molar-refractivity contribution in [2.24, 2.45) is 14.1 Å². The van der Waals surface area contributed by atoms with Crippen molar-refractivity contribution in [3.05, 3.63) is 42.1 Å². The first kappa shape index (κ1) is 23.0. The molecular formula is C25H29N7O3S. The predicted molar refractivity (Wildman–Crippen MR) is 136 cm³/mol. The molecule has 0 unspecified atom stereocenters. The summed E-state index contributed by atoms with van der Waals surface area (Å²) in [6.07, 6.45) is 4.93. The Bertz CT molecular complexity index is 1600. The van der Waals surface area contributed by atoms with Crippen molar-refractivity contribution in [2.75, 3.05) is 18.1 Å². The van der Waals surface area contributed by atoms with Crippen LogP contribution in [0.1, 0.15) is 37.2 Å². The lowest BCUT2D eigenvalue weighted by Crippen LogP contribution is -2.37. The van der Waals surface area contributed by atoms with Gasteiger partial charge in [0.1, 0.15) is 21.4 Å². The fourth-order valence-corrected chi connectivity index (χ4v) is 7.02. The smallest absolute Gasteiger partial charge is 0.219 e. The molecule has 11 heteroatoms. The zero-order valence-electron chi connectivity index (χ0n) is 20.7. The second-order valence-corrected chi connectivity index (χ2v) is 12.2. The van der Waals surface area contributed by atoms with Gasteiger partial charge in [0.2, 0.25) is 5.91 Å². The number of hydrogen-bond acceptors (Lipinski definition) is 6. The standard InChI is InChI=1S/C25H29N7O3S/c1-16(33)31-8-9-32-22(15-31)24(27-25(32)17-6-10-36(34,35)11-7-17)18-4-5-21-20(12-18)23(28-30(21)3)19-13-26-29(2)14-19/h4-5,12-14,17H,6-11,15H2,1-3H3. The highest BCUT2D eigenvalue weighted by Crippen LogP contribution is 2.37. The number of sulfone groups is 1. The van der Waals surface area contributed by atoms with E-state index in [1.807, 2.05) is 36.1 Å². The number of nitrogens with zero attached hydrogens (tertiary/aromatic N) is 7. The van der Waals surface area contributed by atoms with Gasteiger partial charge in [-0.2, -0.15) is 10.2 Å². The average Bonchev–Trinajstić information content (AvgIpc) is 3.54. The maximum atomic E-state index is 12.2. The molecule has 36 heavy (non-hydrogen) atoms. The second-order valence-electron chi connectivity index (χ2n) is 9.89. The normalized spacial score (nSPS) is 18.0. The summed E-state index contributed by atoms with van der Waals surface area (Å²) in [5.41, 5.74) is 5.63. The lowest BCUT2D eigenvalue weighted by Gasteiger charge is -2.30. The third kappa shape index (κ3) is 3.82. The molecule has 1 aromatic carbocycles. The Morgan fingerprint density at radius 1 is 1.06 bits per heavy atom. The van der Waals surface area contributed by atoms with Crippen LogP contribution in [-0.2, 0) is 41.8 Å². The molecule has 2 aliphatic heterocycles. The lowest BCUT2D eigenvalue weighted by atomic mass is 10.0. The summed E-state index contributed by atoms with van der Waals surface area (Å²) in [7, 11) is 0.848. The molecule has 0 saturated carbocycles. The van der Waals surface area contributed by atoms with Gasteiger partial charge in [0, 0.05) is 62.7 Å². The van der Waals surface area contributed by atoms with Gasteiger partial charge in [-0.3, -0.25) is 14.2 Å². The molecule has 0 aliphatic carbocycles. The summed E-state index contributed by atoms with van der Waals surface area (Å²) in [6.45, 7) is 3.38. The maximum Gasteiger partial charge on any atom is 0.219 e. The number of fused-ring (bicyclic) bond motifs is 2. The molecule has 0 atom stereocenters. The Morgan fingerprint density at radius 3 is 2.53 bits per heavy atom. The monoisotopic (exact) mass is 507 g/mol. The zero-order valence-corrected chi connectivity index (χ0v) is 21.5. The molecule has 3 aromatic heterocycles. The Morgan fingerprint density at radius 2 is 1.83 bits per heavy atom. The molecule has 2 aliphatic rings. The summed E-state index contributed by atoms with van der Waals surface area (Å²) in [5, 5.41) is 10.1. The van der Waals surface area contributed by atoms with Crippen LogP contribution in [0.15, 0.2) is 30.6 Å². The van der Waals surface area contributed by atoms with Gasteiger partial charge >= 0.3 is 0 Å². The highest BCUT2D eigenvalue weighted by Gasteiger charge is 2.33. The summed E-state index contributed by atoms with van der Waals surface area (Å²) < 4.78 is 30.0. The van der Waals surface area contributed by atoms with E-state index in [2.05, 4.69) is 27.9 Å². The third-order valence-electron chi connectivity index (χ3n) is 7.50. The van der Waals surface area contributed by atoms with Gasteiger partial charge in [-0.1, -0.05) is 6.07 Å². The van der Waals surface area contributed by atoms with E-state index in [0.29, 0.717) is 32.5 Å². The highest BCUT2D eigenvalue weighted by atomic mass is 32.2. The van der Waals surface area contributed by atoms with Crippen molar-refractivity contribution in [2.45, 2.75) is 38.8 Å². The number of carbonyl (C=O) groups is 1. The molecule has 0 N–H and O–H groups in total. The topological polar surface area (TPSA) is 108 Å². The summed E-state index contributed by atoms with van der Waals surface area (Å²) in [6, 6.07) is 6.24. The number of imidazole rings is 1. The lowest BCUT2D eigenvalue weighted by molar-refractivity contribution is -0.130. The van der Waals surface area contributed by atoms with E-state index < -0.39 is 9.84 Å². The van der Waals surface area contributed by atoms with E-state index in [9.17, 15) is 13.2 Å². The van der Waals surface area contributed by atoms with Crippen LogP contribution in [0.2, 0.25) is 0 Å². The number of carbonyl (C=O) groups excluding carboxylic acids is 1. The van der Waals surface area contributed by atoms with E-state index >= 15 is 0 Å². The van der Waals surface area contributed by atoms with Crippen LogP contribution in [0, 0.1) is 0 Å². The van der Waals surface area contributed by atoms with Crippen molar-refractivity contribution >= 4 is 26.6 Å². The molecule has 0 spiro atoms. The molecule has 4 aromatic rings. The van der Waals surface area contributed by atoms with Gasteiger partial charge in [-0.25, -0.2) is 13.4 Å². The van der Waals surface area contributed by atoms with E-state index in [4.69, 9.17) is 10.1 Å². The maximum absolute atomic E-state index is 12.2. The Kier molecular flexibility index (Phi) is 5.29. The van der Waals surface area contributed by atoms with Crippen LogP contribution in [0.25, 0.3) is 33.4 Å². The van der Waals surface area contributed by atoms with Crippen molar-refractivity contribution in [3.63, 3.8) is 0 Å². The number of aryl methyl sites for hydroxylation is 2. The highest BCUT2D eigenvalue weighted by molar-refractivity contribution is 7.91. The van der Waals surface area contributed by atoms with Crippen molar-refractivity contribution in [3.8, 4) is 22.5 Å². The fraction of sp³-hybridized carbons (Fsp3) is 0.440. The first-order valence-corrected chi connectivity index (χ1v) is 14.0. The quantitative estimate of drug-likeness (QED) is 0.422. The summed E-state index contributed by atoms with van der Waals surface area (Å²) >= 11 is 0. The Balaban J connectivity index is 1.48. The minimum Gasteiger partial charge on any atom is -0.335 e. The molecule has 6 rings (SSSR count). The van der Waals surface area contributed by atoms with Crippen LogP contribution in [0.4, 0.5) is 0 Å². The largest absolute Gasteiger partial charge is 0.335 e. The third-order valence-corrected chi connectivity index (χ3v) is 9.22. The molecule has 0 radical (unpaired) electrons. The first-order chi connectivity index (χ1) is 17.2. The van der Waals surface area contributed by atoms with E-state index in [0.717, 1.165) is 44.9 Å². The van der Waals surface area contributed by atoms with Crippen LogP contribution in [-0.4, -0.2) is 66.4 Å². The van der Waals surface area contributed by atoms with Crippen molar-refractivity contribution in [1.29, 1.82) is 0 Å². The zero-order chi connectivity index (χ0) is 25.2. The first-order valence-electron chi connectivity index (χ1n) is 12.2. The van der Waals surface area contributed by atoms with E-state index in [1.54, 1.807) is 11.6 Å². The average molecular weight is 508 g/mol. The minimum absolute atomic E-state index is 0.0419. The predicted octanol–water partition coefficient (Wildman–Crippen LogP) is 2.49. The van der Waals surface area contributed by atoms with Crippen LogP contribution in [0.3, 0.4) is 0 Å². The Labute approximate surface area is 209 Å². The minimum atomic E-state index is -2.97. The number of benzene rings is 1. The van der Waals surface area contributed by atoms with Crippen molar-refractivity contribution < 1.29 is 13.2 Å². The molecule has 5 heterocycles. The van der Waals surface area contributed by atoms with E-state index in [-0.39, 0.29) is 23.3 Å². The van der Waals surface area contributed by atoms with Gasteiger partial charge < -0.3 is 9.47 Å². The molecule has 188 valence electrons. The number of rotatable bonds is 3.